The first kappa shape index (κ1) is 19.9. The van der Waals surface area contributed by atoms with E-state index in [1.54, 1.807) is 13.2 Å². The molecule has 1 N–H and O–H groups in total. The zero-order valence-corrected chi connectivity index (χ0v) is 16.9. The van der Waals surface area contributed by atoms with Gasteiger partial charge in [0.05, 0.1) is 12.8 Å². The first-order chi connectivity index (χ1) is 13.6. The predicted octanol–water partition coefficient (Wildman–Crippen LogP) is 2.91. The monoisotopic (exact) mass is 383 g/mol. The molecule has 1 aromatic carbocycles. The highest BCUT2D eigenvalue weighted by Gasteiger charge is 2.24. The minimum Gasteiger partial charge on any atom is -0.495 e. The van der Waals surface area contributed by atoms with Crippen molar-refractivity contribution in [2.24, 2.45) is 5.92 Å². The molecule has 0 atom stereocenters. The molecule has 7 nitrogen and oxygen atoms in total. The van der Waals surface area contributed by atoms with Crippen molar-refractivity contribution in [3.05, 3.63) is 42.4 Å². The van der Waals surface area contributed by atoms with Crippen LogP contribution in [0.4, 0.5) is 11.5 Å². The number of carbonyl (C=O) groups excluding carboxylic acids is 1. The first-order valence-corrected chi connectivity index (χ1v) is 9.81. The maximum absolute atomic E-state index is 12.9. The summed E-state index contributed by atoms with van der Waals surface area (Å²) in [5, 5.41) is 3.27. The number of nitrogens with zero attached hydrogens (tertiary/aromatic N) is 4. The van der Waals surface area contributed by atoms with Gasteiger partial charge in [-0.05, 0) is 24.5 Å². The van der Waals surface area contributed by atoms with E-state index < -0.39 is 0 Å². The molecule has 2 aromatic rings. The zero-order chi connectivity index (χ0) is 19.9. The van der Waals surface area contributed by atoms with E-state index >= 15 is 0 Å². The Bertz CT molecular complexity index is 788. The molecule has 150 valence electrons. The molecule has 0 radical (unpaired) electrons. The summed E-state index contributed by atoms with van der Waals surface area (Å²) in [7, 11) is 1.68. The van der Waals surface area contributed by atoms with Gasteiger partial charge in [-0.2, -0.15) is 0 Å². The fraction of sp³-hybridized carbons (Fsp3) is 0.476. The molecule has 1 aliphatic rings. The van der Waals surface area contributed by atoms with Gasteiger partial charge in [0.2, 0.25) is 0 Å². The minimum absolute atomic E-state index is 0.0472. The lowest BCUT2D eigenvalue weighted by atomic mass is 10.1. The number of nitrogens with one attached hydrogen (secondary N) is 1. The number of anilines is 2. The number of hydrogen-bond donors (Lipinski definition) is 1. The number of para-hydroxylation sites is 2. The summed E-state index contributed by atoms with van der Waals surface area (Å²) in [5.74, 6) is 2.13. The highest BCUT2D eigenvalue weighted by molar-refractivity contribution is 5.93. The summed E-state index contributed by atoms with van der Waals surface area (Å²) in [5.41, 5.74) is 1.50. The number of ether oxygens (including phenoxy) is 1. The van der Waals surface area contributed by atoms with Crippen LogP contribution in [0.3, 0.4) is 0 Å². The van der Waals surface area contributed by atoms with Gasteiger partial charge in [-0.25, -0.2) is 9.97 Å². The number of methoxy groups -OCH3 is 1. The summed E-state index contributed by atoms with van der Waals surface area (Å²) >= 11 is 0. The van der Waals surface area contributed by atoms with Crippen molar-refractivity contribution in [2.75, 3.05) is 50.1 Å². The highest BCUT2D eigenvalue weighted by atomic mass is 16.5. The number of piperazine rings is 1. The molecule has 0 saturated carbocycles. The SMILES string of the molecule is COc1ccccc1N1CCN(C(=O)c2cc(NCCC(C)C)ncn2)CC1. The second-order valence-corrected chi connectivity index (χ2v) is 7.35. The van der Waals surface area contributed by atoms with Crippen LogP contribution in [0.5, 0.6) is 5.75 Å². The van der Waals surface area contributed by atoms with Gasteiger partial charge in [-0.1, -0.05) is 26.0 Å². The lowest BCUT2D eigenvalue weighted by Crippen LogP contribution is -2.49. The number of rotatable bonds is 7. The fourth-order valence-electron chi connectivity index (χ4n) is 3.26. The third kappa shape index (κ3) is 4.91. The molecule has 0 aliphatic carbocycles. The lowest BCUT2D eigenvalue weighted by Gasteiger charge is -2.36. The maximum Gasteiger partial charge on any atom is 0.272 e. The lowest BCUT2D eigenvalue weighted by molar-refractivity contribution is 0.0740. The van der Waals surface area contributed by atoms with Crippen LogP contribution in [0.25, 0.3) is 0 Å². The van der Waals surface area contributed by atoms with E-state index in [-0.39, 0.29) is 5.91 Å². The second kappa shape index (κ2) is 9.39. The van der Waals surface area contributed by atoms with Crippen molar-refractivity contribution in [2.45, 2.75) is 20.3 Å². The second-order valence-electron chi connectivity index (χ2n) is 7.35. The van der Waals surface area contributed by atoms with Crippen molar-refractivity contribution in [1.82, 2.24) is 14.9 Å². The molecule has 1 fully saturated rings. The van der Waals surface area contributed by atoms with Gasteiger partial charge in [0.1, 0.15) is 23.6 Å². The number of benzene rings is 1. The van der Waals surface area contributed by atoms with Gasteiger partial charge < -0.3 is 19.9 Å². The van der Waals surface area contributed by atoms with Crippen molar-refractivity contribution in [3.8, 4) is 5.75 Å². The minimum atomic E-state index is -0.0472. The van der Waals surface area contributed by atoms with E-state index in [1.807, 2.05) is 23.1 Å². The van der Waals surface area contributed by atoms with Gasteiger partial charge in [-0.3, -0.25) is 4.79 Å². The average molecular weight is 383 g/mol. The van der Waals surface area contributed by atoms with Crippen LogP contribution >= 0.6 is 0 Å². The van der Waals surface area contributed by atoms with E-state index in [2.05, 4.69) is 40.1 Å². The molecule has 0 unspecified atom stereocenters. The Morgan fingerprint density at radius 2 is 1.93 bits per heavy atom. The standard InChI is InChI=1S/C21H29N5O2/c1-16(2)8-9-22-20-14-17(23-15-24-20)21(27)26-12-10-25(11-13-26)18-6-4-5-7-19(18)28-3/h4-7,14-16H,8-13H2,1-3H3,(H,22,23,24). The predicted molar refractivity (Wildman–Crippen MR) is 111 cm³/mol. The third-order valence-corrected chi connectivity index (χ3v) is 4.91. The summed E-state index contributed by atoms with van der Waals surface area (Å²) in [6.45, 7) is 8.02. The maximum atomic E-state index is 12.9. The number of hydrogen-bond acceptors (Lipinski definition) is 6. The summed E-state index contributed by atoms with van der Waals surface area (Å²) < 4.78 is 5.46. The van der Waals surface area contributed by atoms with E-state index in [4.69, 9.17) is 4.74 Å². The van der Waals surface area contributed by atoms with Gasteiger partial charge >= 0.3 is 0 Å². The Morgan fingerprint density at radius 1 is 1.18 bits per heavy atom. The van der Waals surface area contributed by atoms with Crippen LogP contribution in [0.1, 0.15) is 30.8 Å². The van der Waals surface area contributed by atoms with Crippen molar-refractivity contribution in [1.29, 1.82) is 0 Å². The first-order valence-electron chi connectivity index (χ1n) is 9.81. The van der Waals surface area contributed by atoms with Gasteiger partial charge in [0.25, 0.3) is 5.91 Å². The van der Waals surface area contributed by atoms with E-state index in [0.717, 1.165) is 37.5 Å². The van der Waals surface area contributed by atoms with Crippen LogP contribution in [0.15, 0.2) is 36.7 Å². The smallest absolute Gasteiger partial charge is 0.272 e. The summed E-state index contributed by atoms with van der Waals surface area (Å²) in [6, 6.07) is 9.72. The molecular formula is C21H29N5O2. The topological polar surface area (TPSA) is 70.6 Å². The summed E-state index contributed by atoms with van der Waals surface area (Å²) in [4.78, 5) is 25.4. The van der Waals surface area contributed by atoms with Crippen LogP contribution < -0.4 is 15.0 Å². The molecule has 0 spiro atoms. The molecule has 3 rings (SSSR count). The summed E-state index contributed by atoms with van der Waals surface area (Å²) in [6.07, 6.45) is 2.51. The van der Waals surface area contributed by atoms with Crippen LogP contribution in [-0.2, 0) is 0 Å². The third-order valence-electron chi connectivity index (χ3n) is 4.91. The van der Waals surface area contributed by atoms with Gasteiger partial charge in [0.15, 0.2) is 0 Å². The molecule has 1 aliphatic heterocycles. The van der Waals surface area contributed by atoms with Gasteiger partial charge in [0, 0.05) is 38.8 Å². The van der Waals surface area contributed by atoms with E-state index in [9.17, 15) is 4.79 Å². The van der Waals surface area contributed by atoms with E-state index in [0.29, 0.717) is 30.5 Å². The zero-order valence-electron chi connectivity index (χ0n) is 16.9. The molecule has 28 heavy (non-hydrogen) atoms. The van der Waals surface area contributed by atoms with Crippen molar-refractivity contribution in [3.63, 3.8) is 0 Å². The van der Waals surface area contributed by atoms with Crippen molar-refractivity contribution < 1.29 is 9.53 Å². The number of amides is 1. The average Bonchev–Trinajstić information content (AvgIpc) is 2.73. The Hall–Kier alpha value is -2.83. The van der Waals surface area contributed by atoms with E-state index in [1.165, 1.54) is 6.33 Å². The molecule has 1 saturated heterocycles. The fourth-order valence-corrected chi connectivity index (χ4v) is 3.26. The van der Waals surface area contributed by atoms with Crippen LogP contribution in [-0.4, -0.2) is 60.6 Å². The van der Waals surface area contributed by atoms with Crippen LogP contribution in [0, 0.1) is 5.92 Å². The van der Waals surface area contributed by atoms with Crippen molar-refractivity contribution >= 4 is 17.4 Å². The van der Waals surface area contributed by atoms with Gasteiger partial charge in [-0.15, -0.1) is 0 Å². The highest BCUT2D eigenvalue weighted by Crippen LogP contribution is 2.28. The van der Waals surface area contributed by atoms with Crippen LogP contribution in [0.2, 0.25) is 0 Å². The Balaban J connectivity index is 1.59. The number of carbonyl (C=O) groups is 1. The molecular weight excluding hydrogens is 354 g/mol. The molecule has 1 amide bonds. The quantitative estimate of drug-likeness (QED) is 0.793. The Morgan fingerprint density at radius 3 is 2.64 bits per heavy atom. The normalized spacial score (nSPS) is 14.3. The molecule has 0 bridgehead atoms. The Kier molecular flexibility index (Phi) is 6.68. The molecule has 2 heterocycles. The number of aromatic nitrogens is 2. The Labute approximate surface area is 166 Å². The molecule has 1 aromatic heterocycles. The largest absolute Gasteiger partial charge is 0.495 e. The molecule has 7 heteroatoms.